The normalized spacial score (nSPS) is 24.6. The van der Waals surface area contributed by atoms with Gasteiger partial charge in [-0.3, -0.25) is 0 Å². The molecule has 19 heavy (non-hydrogen) atoms. The van der Waals surface area contributed by atoms with E-state index in [0.717, 1.165) is 25.9 Å². The summed E-state index contributed by atoms with van der Waals surface area (Å²) >= 11 is 0. The van der Waals surface area contributed by atoms with E-state index < -0.39 is 0 Å². The van der Waals surface area contributed by atoms with E-state index in [9.17, 15) is 5.11 Å². The third kappa shape index (κ3) is 5.78. The van der Waals surface area contributed by atoms with Gasteiger partial charge in [-0.15, -0.1) is 0 Å². The summed E-state index contributed by atoms with van der Waals surface area (Å²) in [6.45, 7) is 8.96. The van der Waals surface area contributed by atoms with E-state index in [0.29, 0.717) is 6.04 Å². The number of likely N-dealkylation sites (N-methyl/N-ethyl adjacent to an activating group) is 2. The lowest BCUT2D eigenvalue weighted by atomic mass is 9.96. The van der Waals surface area contributed by atoms with Crippen LogP contribution >= 0.6 is 0 Å². The molecule has 4 nitrogen and oxygen atoms in total. The second-order valence-electron chi connectivity index (χ2n) is 6.41. The number of hydrogen-bond donors (Lipinski definition) is 2. The van der Waals surface area contributed by atoms with Gasteiger partial charge in [0.1, 0.15) is 0 Å². The molecule has 0 bridgehead atoms. The smallest absolute Gasteiger partial charge is 0.0610 e. The quantitative estimate of drug-likeness (QED) is 0.695. The van der Waals surface area contributed by atoms with Crippen molar-refractivity contribution in [2.24, 2.45) is 0 Å². The maximum Gasteiger partial charge on any atom is 0.0610 e. The van der Waals surface area contributed by atoms with E-state index in [2.05, 4.69) is 43.1 Å². The van der Waals surface area contributed by atoms with E-state index in [-0.39, 0.29) is 12.1 Å². The Morgan fingerprint density at radius 1 is 1.42 bits per heavy atom. The van der Waals surface area contributed by atoms with Crippen molar-refractivity contribution < 1.29 is 5.11 Å². The Kier molecular flexibility index (Phi) is 7.29. The van der Waals surface area contributed by atoms with E-state index in [1.54, 1.807) is 0 Å². The lowest BCUT2D eigenvalue weighted by Gasteiger charge is -2.37. The Labute approximate surface area is 119 Å². The Morgan fingerprint density at radius 3 is 2.74 bits per heavy atom. The highest BCUT2D eigenvalue weighted by atomic mass is 16.3. The van der Waals surface area contributed by atoms with Gasteiger partial charge in [0.25, 0.3) is 0 Å². The molecule has 1 saturated heterocycles. The van der Waals surface area contributed by atoms with Gasteiger partial charge in [-0.25, -0.2) is 0 Å². The predicted octanol–water partition coefficient (Wildman–Crippen LogP) is 1.15. The summed E-state index contributed by atoms with van der Waals surface area (Å²) in [5, 5.41) is 12.9. The van der Waals surface area contributed by atoms with E-state index in [1.807, 2.05) is 0 Å². The zero-order valence-corrected chi connectivity index (χ0v) is 13.3. The number of hydrogen-bond acceptors (Lipinski definition) is 4. The van der Waals surface area contributed by atoms with Crippen LogP contribution < -0.4 is 5.32 Å². The predicted molar refractivity (Wildman–Crippen MR) is 81.6 cm³/mol. The standard InChI is InChI=1S/C15H33N3O/c1-5-16-15(2,13-19)9-7-11-18-10-6-8-14(12-18)17(3)4/h14,16,19H,5-13H2,1-4H3. The average Bonchev–Trinajstić information content (AvgIpc) is 2.39. The lowest BCUT2D eigenvalue weighted by molar-refractivity contribution is 0.121. The van der Waals surface area contributed by atoms with Gasteiger partial charge in [0, 0.05) is 18.1 Å². The van der Waals surface area contributed by atoms with Gasteiger partial charge in [0.05, 0.1) is 6.61 Å². The SMILES string of the molecule is CCNC(C)(CO)CCCN1CCCC(N(C)C)C1. The second kappa shape index (κ2) is 8.20. The molecule has 2 unspecified atom stereocenters. The van der Waals surface area contributed by atoms with Crippen molar-refractivity contribution in [2.75, 3.05) is 46.9 Å². The molecule has 0 spiro atoms. The van der Waals surface area contributed by atoms with Gasteiger partial charge in [0.15, 0.2) is 0 Å². The highest BCUT2D eigenvalue weighted by Crippen LogP contribution is 2.16. The van der Waals surface area contributed by atoms with Gasteiger partial charge < -0.3 is 20.2 Å². The number of nitrogens with one attached hydrogen (secondary N) is 1. The van der Waals surface area contributed by atoms with Crippen LogP contribution in [0.5, 0.6) is 0 Å². The zero-order chi connectivity index (χ0) is 14.3. The first-order chi connectivity index (χ1) is 9.00. The van der Waals surface area contributed by atoms with Crippen LogP contribution in [0, 0.1) is 0 Å². The van der Waals surface area contributed by atoms with Crippen LogP contribution in [0.1, 0.15) is 39.5 Å². The van der Waals surface area contributed by atoms with Gasteiger partial charge in [0.2, 0.25) is 0 Å². The molecule has 0 amide bonds. The zero-order valence-electron chi connectivity index (χ0n) is 13.3. The van der Waals surface area contributed by atoms with Crippen molar-refractivity contribution in [2.45, 2.75) is 51.1 Å². The fraction of sp³-hybridized carbons (Fsp3) is 1.00. The third-order valence-corrected chi connectivity index (χ3v) is 4.37. The molecular weight excluding hydrogens is 238 g/mol. The Balaban J connectivity index is 2.28. The van der Waals surface area contributed by atoms with Crippen LogP contribution in [-0.2, 0) is 0 Å². The van der Waals surface area contributed by atoms with Crippen LogP contribution in [0.4, 0.5) is 0 Å². The van der Waals surface area contributed by atoms with Crippen LogP contribution in [0.2, 0.25) is 0 Å². The molecule has 114 valence electrons. The molecule has 1 aliphatic rings. The van der Waals surface area contributed by atoms with Crippen molar-refractivity contribution in [3.63, 3.8) is 0 Å². The average molecular weight is 271 g/mol. The molecule has 2 atom stereocenters. The molecule has 1 rings (SSSR count). The first-order valence-corrected chi connectivity index (χ1v) is 7.75. The molecule has 2 N–H and O–H groups in total. The Hall–Kier alpha value is -0.160. The van der Waals surface area contributed by atoms with Crippen molar-refractivity contribution in [1.29, 1.82) is 0 Å². The molecule has 0 aromatic carbocycles. The molecular formula is C15H33N3O. The summed E-state index contributed by atoms with van der Waals surface area (Å²) in [7, 11) is 4.37. The molecule has 0 aliphatic carbocycles. The van der Waals surface area contributed by atoms with Crippen LogP contribution in [0.3, 0.4) is 0 Å². The molecule has 1 aliphatic heterocycles. The molecule has 1 fully saturated rings. The number of likely N-dealkylation sites (tertiary alicyclic amines) is 1. The molecule has 4 heteroatoms. The van der Waals surface area contributed by atoms with Crippen LogP contribution in [0.25, 0.3) is 0 Å². The van der Waals surface area contributed by atoms with Crippen molar-refractivity contribution in [1.82, 2.24) is 15.1 Å². The summed E-state index contributed by atoms with van der Waals surface area (Å²) < 4.78 is 0. The highest BCUT2D eigenvalue weighted by molar-refractivity contribution is 4.83. The van der Waals surface area contributed by atoms with E-state index >= 15 is 0 Å². The Morgan fingerprint density at radius 2 is 2.16 bits per heavy atom. The van der Waals surface area contributed by atoms with Gasteiger partial charge in [-0.1, -0.05) is 6.92 Å². The monoisotopic (exact) mass is 271 g/mol. The molecule has 0 saturated carbocycles. The van der Waals surface area contributed by atoms with Crippen molar-refractivity contribution in [3.8, 4) is 0 Å². The molecule has 0 aromatic heterocycles. The van der Waals surface area contributed by atoms with Crippen molar-refractivity contribution >= 4 is 0 Å². The third-order valence-electron chi connectivity index (χ3n) is 4.37. The van der Waals surface area contributed by atoms with E-state index in [4.69, 9.17) is 0 Å². The largest absolute Gasteiger partial charge is 0.394 e. The molecule has 1 heterocycles. The van der Waals surface area contributed by atoms with Crippen molar-refractivity contribution in [3.05, 3.63) is 0 Å². The number of rotatable bonds is 8. The fourth-order valence-electron chi connectivity index (χ4n) is 3.00. The molecule has 0 aromatic rings. The number of piperidine rings is 1. The summed E-state index contributed by atoms with van der Waals surface area (Å²) in [6, 6.07) is 0.715. The summed E-state index contributed by atoms with van der Waals surface area (Å²) in [6.07, 6.45) is 4.84. The van der Waals surface area contributed by atoms with Gasteiger partial charge in [-0.2, -0.15) is 0 Å². The van der Waals surface area contributed by atoms with Gasteiger partial charge in [-0.05, 0) is 66.3 Å². The summed E-state index contributed by atoms with van der Waals surface area (Å²) in [5.74, 6) is 0. The highest BCUT2D eigenvalue weighted by Gasteiger charge is 2.24. The topological polar surface area (TPSA) is 38.7 Å². The van der Waals surface area contributed by atoms with Crippen LogP contribution in [0.15, 0.2) is 0 Å². The Bertz CT molecular complexity index is 248. The number of aliphatic hydroxyl groups is 1. The minimum atomic E-state index is -0.106. The first kappa shape index (κ1) is 16.9. The van der Waals surface area contributed by atoms with Gasteiger partial charge >= 0.3 is 0 Å². The second-order valence-corrected chi connectivity index (χ2v) is 6.41. The maximum absolute atomic E-state index is 9.49. The summed E-state index contributed by atoms with van der Waals surface area (Å²) in [4.78, 5) is 4.93. The number of aliphatic hydroxyl groups excluding tert-OH is 1. The lowest BCUT2D eigenvalue weighted by Crippen LogP contribution is -2.47. The summed E-state index contributed by atoms with van der Waals surface area (Å²) in [5.41, 5.74) is -0.106. The fourth-order valence-corrected chi connectivity index (χ4v) is 3.00. The number of nitrogens with zero attached hydrogens (tertiary/aromatic N) is 2. The minimum Gasteiger partial charge on any atom is -0.394 e. The van der Waals surface area contributed by atoms with Crippen LogP contribution in [-0.4, -0.2) is 73.4 Å². The van der Waals surface area contributed by atoms with E-state index in [1.165, 1.54) is 25.9 Å². The minimum absolute atomic E-state index is 0.106. The molecule has 0 radical (unpaired) electrons. The maximum atomic E-state index is 9.49. The first-order valence-electron chi connectivity index (χ1n) is 7.75.